The van der Waals surface area contributed by atoms with Gasteiger partial charge in [-0.1, -0.05) is 6.92 Å². The summed E-state index contributed by atoms with van der Waals surface area (Å²) in [5.41, 5.74) is 0. The van der Waals surface area contributed by atoms with Crippen LogP contribution >= 0.6 is 11.8 Å². The smallest absolute Gasteiger partial charge is 0.326 e. The van der Waals surface area contributed by atoms with E-state index >= 15 is 0 Å². The lowest BCUT2D eigenvalue weighted by Gasteiger charge is -2.34. The minimum atomic E-state index is -0.871. The predicted molar refractivity (Wildman–Crippen MR) is 64.5 cm³/mol. The number of piperidine rings is 1. The van der Waals surface area contributed by atoms with Gasteiger partial charge in [0.1, 0.15) is 6.04 Å². The van der Waals surface area contributed by atoms with E-state index < -0.39 is 12.0 Å². The van der Waals surface area contributed by atoms with Gasteiger partial charge < -0.3 is 10.0 Å². The van der Waals surface area contributed by atoms with Crippen LogP contribution in [0.15, 0.2) is 0 Å². The van der Waals surface area contributed by atoms with Gasteiger partial charge in [-0.3, -0.25) is 4.79 Å². The number of amides is 1. The Balaban J connectivity index is 2.67. The van der Waals surface area contributed by atoms with Gasteiger partial charge in [0.25, 0.3) is 0 Å². The summed E-state index contributed by atoms with van der Waals surface area (Å²) in [6.07, 6.45) is 4.36. The third-order valence-corrected chi connectivity index (χ3v) is 3.74. The van der Waals surface area contributed by atoms with Crippen LogP contribution < -0.4 is 0 Å². The van der Waals surface area contributed by atoms with Crippen LogP contribution in [0.5, 0.6) is 0 Å². The van der Waals surface area contributed by atoms with Crippen LogP contribution in [0.1, 0.15) is 26.2 Å². The molecule has 1 heterocycles. The molecule has 0 aromatic carbocycles. The zero-order valence-corrected chi connectivity index (χ0v) is 10.6. The summed E-state index contributed by atoms with van der Waals surface area (Å²) >= 11 is 1.62. The number of nitrogens with zero attached hydrogens (tertiary/aromatic N) is 1. The molecule has 0 radical (unpaired) electrons. The molecule has 0 bridgehead atoms. The molecule has 0 aromatic rings. The molecule has 0 saturated carbocycles. The third kappa shape index (κ3) is 3.14. The summed E-state index contributed by atoms with van der Waals surface area (Å²) < 4.78 is 0. The average molecular weight is 245 g/mol. The fourth-order valence-corrected chi connectivity index (χ4v) is 2.70. The number of carbonyl (C=O) groups excluding carboxylic acids is 1. The highest BCUT2D eigenvalue weighted by atomic mass is 32.2. The largest absolute Gasteiger partial charge is 0.480 e. The first-order valence-corrected chi connectivity index (χ1v) is 6.99. The van der Waals surface area contributed by atoms with Crippen LogP contribution in [0.4, 0.5) is 0 Å². The summed E-state index contributed by atoms with van der Waals surface area (Å²) in [4.78, 5) is 24.7. The van der Waals surface area contributed by atoms with Gasteiger partial charge in [-0.25, -0.2) is 4.79 Å². The molecule has 1 rings (SSSR count). The van der Waals surface area contributed by atoms with E-state index in [-0.39, 0.29) is 11.8 Å². The lowest BCUT2D eigenvalue weighted by molar-refractivity contribution is -0.153. The summed E-state index contributed by atoms with van der Waals surface area (Å²) in [5, 5.41) is 9.07. The Morgan fingerprint density at radius 2 is 2.19 bits per heavy atom. The lowest BCUT2D eigenvalue weighted by atomic mass is 10.0. The topological polar surface area (TPSA) is 57.6 Å². The number of likely N-dealkylation sites (tertiary alicyclic amines) is 1. The third-order valence-electron chi connectivity index (χ3n) is 2.91. The van der Waals surface area contributed by atoms with Crippen molar-refractivity contribution < 1.29 is 14.7 Å². The predicted octanol–water partition coefficient (Wildman–Crippen LogP) is 1.45. The van der Waals surface area contributed by atoms with Gasteiger partial charge in [0, 0.05) is 18.2 Å². The van der Waals surface area contributed by atoms with Crippen LogP contribution in [0.3, 0.4) is 0 Å². The van der Waals surface area contributed by atoms with Gasteiger partial charge in [-0.2, -0.15) is 11.8 Å². The number of carbonyl (C=O) groups is 2. The Morgan fingerprint density at radius 1 is 1.50 bits per heavy atom. The summed E-state index contributed by atoms with van der Waals surface area (Å²) in [5.74, 6) is -0.220. The van der Waals surface area contributed by atoms with E-state index in [1.807, 2.05) is 13.2 Å². The molecule has 0 aliphatic carbocycles. The maximum absolute atomic E-state index is 12.1. The Bertz CT molecular complexity index is 270. The van der Waals surface area contributed by atoms with Crippen molar-refractivity contribution in [3.8, 4) is 0 Å². The number of hydrogen-bond acceptors (Lipinski definition) is 3. The second kappa shape index (κ2) is 6.13. The molecular formula is C11H19NO3S. The van der Waals surface area contributed by atoms with Gasteiger partial charge in [-0.05, 0) is 25.5 Å². The molecular weight excluding hydrogens is 226 g/mol. The maximum atomic E-state index is 12.1. The standard InChI is InChI=1S/C11H19NO3S/c1-8(7-16-2)10(13)12-6-4-3-5-9(12)11(14)15/h8-9H,3-7H2,1-2H3,(H,14,15)/t8?,9-/m1/s1. The highest BCUT2D eigenvalue weighted by molar-refractivity contribution is 7.98. The van der Waals surface area contributed by atoms with Gasteiger partial charge in [0.05, 0.1) is 0 Å². The maximum Gasteiger partial charge on any atom is 0.326 e. The van der Waals surface area contributed by atoms with Crippen LogP contribution in [-0.4, -0.2) is 46.5 Å². The van der Waals surface area contributed by atoms with Crippen molar-refractivity contribution in [2.24, 2.45) is 5.92 Å². The van der Waals surface area contributed by atoms with Gasteiger partial charge in [0.15, 0.2) is 0 Å². The van der Waals surface area contributed by atoms with E-state index in [1.165, 1.54) is 0 Å². The molecule has 1 aliphatic rings. The molecule has 1 saturated heterocycles. The van der Waals surface area contributed by atoms with E-state index in [4.69, 9.17) is 5.11 Å². The van der Waals surface area contributed by atoms with Crippen molar-refractivity contribution >= 4 is 23.6 Å². The fourth-order valence-electron chi connectivity index (χ4n) is 2.06. The van der Waals surface area contributed by atoms with Crippen LogP contribution in [-0.2, 0) is 9.59 Å². The molecule has 2 atom stereocenters. The Morgan fingerprint density at radius 3 is 2.75 bits per heavy atom. The highest BCUT2D eigenvalue weighted by Gasteiger charge is 2.33. The Hall–Kier alpha value is -0.710. The number of thioether (sulfide) groups is 1. The molecule has 92 valence electrons. The normalized spacial score (nSPS) is 22.9. The van der Waals surface area contributed by atoms with Crippen molar-refractivity contribution in [3.63, 3.8) is 0 Å². The molecule has 1 amide bonds. The number of hydrogen-bond donors (Lipinski definition) is 1. The first kappa shape index (κ1) is 13.4. The van der Waals surface area contributed by atoms with Crippen LogP contribution in [0.2, 0.25) is 0 Å². The van der Waals surface area contributed by atoms with Gasteiger partial charge >= 0.3 is 5.97 Å². The highest BCUT2D eigenvalue weighted by Crippen LogP contribution is 2.20. The zero-order valence-electron chi connectivity index (χ0n) is 9.81. The molecule has 0 aromatic heterocycles. The monoisotopic (exact) mass is 245 g/mol. The fraction of sp³-hybridized carbons (Fsp3) is 0.818. The van der Waals surface area contributed by atoms with Crippen LogP contribution in [0, 0.1) is 5.92 Å². The van der Waals surface area contributed by atoms with Crippen molar-refractivity contribution in [2.45, 2.75) is 32.2 Å². The number of carboxylic acids is 1. The van der Waals surface area contributed by atoms with Crippen molar-refractivity contribution in [1.82, 2.24) is 4.90 Å². The van der Waals surface area contributed by atoms with Crippen LogP contribution in [0.25, 0.3) is 0 Å². The SMILES string of the molecule is CSCC(C)C(=O)N1CCCC[C@@H]1C(=O)O. The van der Waals surface area contributed by atoms with E-state index in [0.717, 1.165) is 18.6 Å². The minimum absolute atomic E-state index is 0.0125. The molecule has 5 heteroatoms. The molecule has 4 nitrogen and oxygen atoms in total. The first-order chi connectivity index (χ1) is 7.57. The Kier molecular flexibility index (Phi) is 5.12. The molecule has 0 spiro atoms. The summed E-state index contributed by atoms with van der Waals surface area (Å²) in [7, 11) is 0. The van der Waals surface area contributed by atoms with Gasteiger partial charge in [0.2, 0.25) is 5.91 Å². The van der Waals surface area contributed by atoms with E-state index in [0.29, 0.717) is 13.0 Å². The Labute approximate surface area is 100 Å². The van der Waals surface area contributed by atoms with Gasteiger partial charge in [-0.15, -0.1) is 0 Å². The zero-order chi connectivity index (χ0) is 12.1. The van der Waals surface area contributed by atoms with Crippen molar-refractivity contribution in [2.75, 3.05) is 18.6 Å². The molecule has 16 heavy (non-hydrogen) atoms. The van der Waals surface area contributed by atoms with E-state index in [2.05, 4.69) is 0 Å². The molecule has 1 unspecified atom stereocenters. The average Bonchev–Trinajstić information content (AvgIpc) is 2.28. The second-order valence-corrected chi connectivity index (χ2v) is 5.15. The number of aliphatic carboxylic acids is 1. The van der Waals surface area contributed by atoms with Crippen molar-refractivity contribution in [1.29, 1.82) is 0 Å². The van der Waals surface area contributed by atoms with Crippen molar-refractivity contribution in [3.05, 3.63) is 0 Å². The molecule has 1 aliphatic heterocycles. The summed E-state index contributed by atoms with van der Waals surface area (Å²) in [6.45, 7) is 2.46. The molecule has 1 fully saturated rings. The lowest BCUT2D eigenvalue weighted by Crippen LogP contribution is -2.50. The number of rotatable bonds is 4. The second-order valence-electron chi connectivity index (χ2n) is 4.24. The molecule has 1 N–H and O–H groups in total. The minimum Gasteiger partial charge on any atom is -0.480 e. The summed E-state index contributed by atoms with van der Waals surface area (Å²) in [6, 6.07) is -0.606. The van der Waals surface area contributed by atoms with E-state index in [1.54, 1.807) is 16.7 Å². The number of carboxylic acid groups (broad SMARTS) is 1. The first-order valence-electron chi connectivity index (χ1n) is 5.60. The quantitative estimate of drug-likeness (QED) is 0.814. The van der Waals surface area contributed by atoms with E-state index in [9.17, 15) is 9.59 Å².